The van der Waals surface area contributed by atoms with Crippen LogP contribution in [0.1, 0.15) is 52.5 Å². The molecule has 0 saturated heterocycles. The number of esters is 1. The predicted molar refractivity (Wildman–Crippen MR) is 148 cm³/mol. The average molecular weight is 536 g/mol. The van der Waals surface area contributed by atoms with Crippen molar-refractivity contribution in [3.8, 4) is 11.4 Å². The van der Waals surface area contributed by atoms with E-state index in [9.17, 15) is 14.4 Å². The fraction of sp³-hybridized carbons (Fsp3) is 0.379. The van der Waals surface area contributed by atoms with Crippen molar-refractivity contribution in [2.24, 2.45) is 5.92 Å². The second-order valence-electron chi connectivity index (χ2n) is 10.7. The molecular formula is C29H30ClN3O5. The van der Waals surface area contributed by atoms with Crippen molar-refractivity contribution in [2.45, 2.75) is 58.1 Å². The van der Waals surface area contributed by atoms with E-state index in [-0.39, 0.29) is 17.9 Å². The molecule has 198 valence electrons. The molecule has 0 radical (unpaired) electrons. The summed E-state index contributed by atoms with van der Waals surface area (Å²) in [6, 6.07) is 12.0. The summed E-state index contributed by atoms with van der Waals surface area (Å²) >= 11 is 6.32. The van der Waals surface area contributed by atoms with Crippen molar-refractivity contribution in [1.29, 1.82) is 0 Å². The Bertz CT molecular complexity index is 1660. The lowest BCUT2D eigenvalue weighted by molar-refractivity contribution is -0.161. The van der Waals surface area contributed by atoms with E-state index in [1.807, 2.05) is 26.8 Å². The molecule has 0 spiro atoms. The maximum atomic E-state index is 14.2. The van der Waals surface area contributed by atoms with Gasteiger partial charge in [0.15, 0.2) is 0 Å². The molecule has 2 aromatic heterocycles. The Hall–Kier alpha value is -3.65. The third kappa shape index (κ3) is 4.69. The number of rotatable bonds is 4. The Kier molecular flexibility index (Phi) is 6.77. The highest BCUT2D eigenvalue weighted by Gasteiger charge is 2.32. The lowest BCUT2D eigenvalue weighted by Gasteiger charge is -2.30. The summed E-state index contributed by atoms with van der Waals surface area (Å²) in [4.78, 5) is 45.2. The summed E-state index contributed by atoms with van der Waals surface area (Å²) < 4.78 is 13.9. The molecule has 0 unspecified atom stereocenters. The quantitative estimate of drug-likeness (QED) is 0.255. The number of fused-ring (bicyclic) bond motifs is 3. The van der Waals surface area contributed by atoms with Gasteiger partial charge in [-0.05, 0) is 70.7 Å². The Balaban J connectivity index is 1.68. The number of aromatic nitrogens is 3. The lowest BCUT2D eigenvalue weighted by Crippen LogP contribution is -2.43. The third-order valence-corrected chi connectivity index (χ3v) is 7.23. The molecule has 2 aromatic carbocycles. The molecule has 0 atom stereocenters. The minimum Gasteiger partial charge on any atom is -0.494 e. The van der Waals surface area contributed by atoms with Crippen LogP contribution >= 0.6 is 11.6 Å². The van der Waals surface area contributed by atoms with Gasteiger partial charge in [0.1, 0.15) is 16.9 Å². The standard InChI is InChI=1S/C29H30ClN3O5/c1-29(2,3)38-27(35)17-11-13-19(14-12-17)33-26(34)22-16-31-24-21(9-6-10-23(24)37-4)25(22)32(28(33)36)20-8-5-7-18(30)15-20/h5-10,15-17,19H,11-14H2,1-4H3/t17-,19-. The molecule has 8 nitrogen and oxygen atoms in total. The second-order valence-corrected chi connectivity index (χ2v) is 11.1. The Morgan fingerprint density at radius 2 is 1.74 bits per heavy atom. The van der Waals surface area contributed by atoms with Crippen molar-refractivity contribution >= 4 is 39.4 Å². The van der Waals surface area contributed by atoms with E-state index in [1.165, 1.54) is 15.3 Å². The second kappa shape index (κ2) is 9.91. The van der Waals surface area contributed by atoms with Gasteiger partial charge in [-0.3, -0.25) is 23.7 Å². The van der Waals surface area contributed by atoms with Gasteiger partial charge in [-0.2, -0.15) is 0 Å². The number of hydrogen-bond donors (Lipinski definition) is 0. The summed E-state index contributed by atoms with van der Waals surface area (Å²) in [5, 5.41) is 1.41. The van der Waals surface area contributed by atoms with Gasteiger partial charge < -0.3 is 9.47 Å². The summed E-state index contributed by atoms with van der Waals surface area (Å²) in [6.45, 7) is 5.53. The van der Waals surface area contributed by atoms with Gasteiger partial charge in [0, 0.05) is 22.6 Å². The zero-order valence-electron chi connectivity index (χ0n) is 21.9. The fourth-order valence-electron chi connectivity index (χ4n) is 5.30. The van der Waals surface area contributed by atoms with Gasteiger partial charge in [0.05, 0.1) is 29.6 Å². The van der Waals surface area contributed by atoms with Crippen LogP contribution in [-0.2, 0) is 9.53 Å². The van der Waals surface area contributed by atoms with Crippen molar-refractivity contribution in [2.75, 3.05) is 7.11 Å². The third-order valence-electron chi connectivity index (χ3n) is 6.99. The van der Waals surface area contributed by atoms with Crippen LogP contribution in [0, 0.1) is 5.92 Å². The van der Waals surface area contributed by atoms with Gasteiger partial charge in [-0.25, -0.2) is 4.79 Å². The van der Waals surface area contributed by atoms with E-state index in [2.05, 4.69) is 4.98 Å². The van der Waals surface area contributed by atoms with Gasteiger partial charge in [0.2, 0.25) is 0 Å². The fourth-order valence-corrected chi connectivity index (χ4v) is 5.48. The van der Waals surface area contributed by atoms with E-state index in [4.69, 9.17) is 21.1 Å². The molecule has 1 fully saturated rings. The summed E-state index contributed by atoms with van der Waals surface area (Å²) in [7, 11) is 1.55. The molecule has 5 rings (SSSR count). The SMILES string of the molecule is COc1cccc2c1ncc1c(=O)n([C@H]3CC[C@H](C(=O)OC(C)(C)C)CC3)c(=O)n(-c3cccc(Cl)c3)c12. The molecule has 0 amide bonds. The molecule has 9 heteroatoms. The van der Waals surface area contributed by atoms with E-state index in [0.717, 1.165) is 0 Å². The molecule has 2 heterocycles. The Morgan fingerprint density at radius 1 is 1.03 bits per heavy atom. The highest BCUT2D eigenvalue weighted by atomic mass is 35.5. The van der Waals surface area contributed by atoms with Crippen LogP contribution in [-0.4, -0.2) is 32.8 Å². The molecule has 1 aliphatic carbocycles. The minimum absolute atomic E-state index is 0.234. The first-order valence-electron chi connectivity index (χ1n) is 12.7. The zero-order chi connectivity index (χ0) is 27.2. The first-order chi connectivity index (χ1) is 18.1. The van der Waals surface area contributed by atoms with Crippen molar-refractivity contribution in [1.82, 2.24) is 14.1 Å². The molecule has 0 aliphatic heterocycles. The van der Waals surface area contributed by atoms with Crippen LogP contribution in [0.3, 0.4) is 0 Å². The Morgan fingerprint density at radius 3 is 2.39 bits per heavy atom. The molecule has 0 bridgehead atoms. The zero-order valence-corrected chi connectivity index (χ0v) is 22.6. The normalized spacial score (nSPS) is 18.0. The Labute approximate surface area is 224 Å². The maximum Gasteiger partial charge on any atom is 0.336 e. The van der Waals surface area contributed by atoms with Gasteiger partial charge >= 0.3 is 11.7 Å². The number of hydrogen-bond acceptors (Lipinski definition) is 6. The van der Waals surface area contributed by atoms with Gasteiger partial charge in [0.25, 0.3) is 5.56 Å². The van der Waals surface area contributed by atoms with Crippen LogP contribution < -0.4 is 16.0 Å². The summed E-state index contributed by atoms with van der Waals surface area (Å²) in [5.41, 5.74) is 0.116. The lowest BCUT2D eigenvalue weighted by atomic mass is 9.85. The highest BCUT2D eigenvalue weighted by Crippen LogP contribution is 2.34. The van der Waals surface area contributed by atoms with Crippen molar-refractivity contribution in [3.05, 3.63) is 74.5 Å². The average Bonchev–Trinajstić information content (AvgIpc) is 2.87. The number of ether oxygens (including phenoxy) is 2. The summed E-state index contributed by atoms with van der Waals surface area (Å²) in [6.07, 6.45) is 3.59. The van der Waals surface area contributed by atoms with E-state index in [0.29, 0.717) is 63.9 Å². The predicted octanol–water partition coefficient (Wildman–Crippen LogP) is 5.44. The molecule has 4 aromatic rings. The van der Waals surface area contributed by atoms with Crippen molar-refractivity contribution in [3.63, 3.8) is 0 Å². The number of methoxy groups -OCH3 is 1. The minimum atomic E-state index is -0.563. The van der Waals surface area contributed by atoms with Crippen LogP contribution in [0.5, 0.6) is 5.75 Å². The molecule has 0 N–H and O–H groups in total. The van der Waals surface area contributed by atoms with Crippen molar-refractivity contribution < 1.29 is 14.3 Å². The van der Waals surface area contributed by atoms with Gasteiger partial charge in [-0.1, -0.05) is 29.8 Å². The van der Waals surface area contributed by atoms with Crippen LogP contribution in [0.25, 0.3) is 27.5 Å². The van der Waals surface area contributed by atoms with Crippen LogP contribution in [0.2, 0.25) is 5.02 Å². The largest absolute Gasteiger partial charge is 0.494 e. The number of halogens is 1. The molecule has 38 heavy (non-hydrogen) atoms. The topological polar surface area (TPSA) is 92.4 Å². The summed E-state index contributed by atoms with van der Waals surface area (Å²) in [5.74, 6) is 0.0526. The number of pyridine rings is 1. The first kappa shape index (κ1) is 26.0. The maximum absolute atomic E-state index is 14.2. The number of carbonyl (C=O) groups is 1. The number of benzene rings is 2. The molecule has 1 saturated carbocycles. The smallest absolute Gasteiger partial charge is 0.336 e. The van der Waals surface area contributed by atoms with Crippen LogP contribution in [0.15, 0.2) is 58.3 Å². The van der Waals surface area contributed by atoms with E-state index in [1.54, 1.807) is 43.5 Å². The number of carbonyl (C=O) groups excluding carboxylic acids is 1. The van der Waals surface area contributed by atoms with Gasteiger partial charge in [-0.15, -0.1) is 0 Å². The van der Waals surface area contributed by atoms with E-state index >= 15 is 0 Å². The number of para-hydroxylation sites is 1. The monoisotopic (exact) mass is 535 g/mol. The number of nitrogens with zero attached hydrogens (tertiary/aromatic N) is 3. The van der Waals surface area contributed by atoms with E-state index < -0.39 is 16.9 Å². The first-order valence-corrected chi connectivity index (χ1v) is 13.1. The van der Waals surface area contributed by atoms with Crippen LogP contribution in [0.4, 0.5) is 0 Å². The molecule has 1 aliphatic rings. The molecular weight excluding hydrogens is 506 g/mol. The highest BCUT2D eigenvalue weighted by molar-refractivity contribution is 6.30.